The first-order valence-corrected chi connectivity index (χ1v) is 13.5. The van der Waals surface area contributed by atoms with Crippen LogP contribution >= 0.6 is 24.0 Å². The van der Waals surface area contributed by atoms with E-state index in [1.165, 1.54) is 40.0 Å². The molecule has 202 valence electrons. The second kappa shape index (κ2) is 9.07. The van der Waals surface area contributed by atoms with E-state index in [9.17, 15) is 14.0 Å². The van der Waals surface area contributed by atoms with Gasteiger partial charge in [-0.1, -0.05) is 30.0 Å². The van der Waals surface area contributed by atoms with Gasteiger partial charge in [0.2, 0.25) is 5.91 Å². The third-order valence-electron chi connectivity index (χ3n) is 8.12. The number of rotatable bonds is 5. The Morgan fingerprint density at radius 2 is 1.85 bits per heavy atom. The summed E-state index contributed by atoms with van der Waals surface area (Å²) < 4.78 is 30.3. The number of nitrogens with zero attached hydrogens (tertiary/aromatic N) is 3. The molecule has 3 atom stereocenters. The number of anilines is 1. The maximum absolute atomic E-state index is 14.8. The van der Waals surface area contributed by atoms with E-state index < -0.39 is 22.0 Å². The molecule has 11 heteroatoms. The molecular formula is C28H26FN3O5S2. The van der Waals surface area contributed by atoms with Crippen molar-refractivity contribution in [1.82, 2.24) is 9.80 Å². The maximum Gasteiger partial charge on any atom is 0.254 e. The molecule has 2 amide bonds. The van der Waals surface area contributed by atoms with E-state index >= 15 is 0 Å². The number of methoxy groups -OCH3 is 2. The number of carbonyl (C=O) groups excluding carboxylic acids is 2. The van der Waals surface area contributed by atoms with E-state index in [-0.39, 0.29) is 18.4 Å². The van der Waals surface area contributed by atoms with Crippen LogP contribution in [0.25, 0.3) is 0 Å². The fourth-order valence-electron chi connectivity index (χ4n) is 6.43. The molecule has 39 heavy (non-hydrogen) atoms. The summed E-state index contributed by atoms with van der Waals surface area (Å²) in [5.41, 5.74) is 0.273. The maximum atomic E-state index is 14.8. The molecule has 0 bridgehead atoms. The second-order valence-electron chi connectivity index (χ2n) is 9.86. The van der Waals surface area contributed by atoms with E-state index in [0.717, 1.165) is 5.56 Å². The number of fused-ring (bicyclic) bond motifs is 3. The van der Waals surface area contributed by atoms with Crippen LogP contribution < -0.4 is 14.4 Å². The molecule has 3 aromatic rings. The van der Waals surface area contributed by atoms with Crippen LogP contribution in [0.1, 0.15) is 22.8 Å². The normalized spacial score (nSPS) is 26.4. The number of thiocarbonyl (C=S) groups is 1. The average Bonchev–Trinajstić information content (AvgIpc) is 3.65. The average molecular weight is 568 g/mol. The van der Waals surface area contributed by atoms with Gasteiger partial charge < -0.3 is 18.8 Å². The van der Waals surface area contributed by atoms with Gasteiger partial charge in [0.05, 0.1) is 27.0 Å². The smallest absolute Gasteiger partial charge is 0.254 e. The van der Waals surface area contributed by atoms with Gasteiger partial charge in [-0.2, -0.15) is 0 Å². The zero-order valence-electron chi connectivity index (χ0n) is 21.8. The Hall–Kier alpha value is -3.41. The first-order valence-electron chi connectivity index (χ1n) is 12.3. The molecule has 8 nitrogen and oxygen atoms in total. The van der Waals surface area contributed by atoms with Crippen LogP contribution in [0.4, 0.5) is 10.1 Å². The fraction of sp³-hybridized carbons (Fsp3) is 0.321. The second-order valence-corrected chi connectivity index (χ2v) is 11.7. The third kappa shape index (κ3) is 3.30. The summed E-state index contributed by atoms with van der Waals surface area (Å²) in [5, 5.41) is 0. The summed E-state index contributed by atoms with van der Waals surface area (Å²) in [6.45, 7) is 0.457. The first kappa shape index (κ1) is 25.8. The predicted molar refractivity (Wildman–Crippen MR) is 149 cm³/mol. The lowest BCUT2D eigenvalue weighted by atomic mass is 9.72. The third-order valence-corrected chi connectivity index (χ3v) is 10.1. The van der Waals surface area contributed by atoms with Gasteiger partial charge in [0.1, 0.15) is 20.6 Å². The van der Waals surface area contributed by atoms with Crippen molar-refractivity contribution >= 4 is 45.8 Å². The number of hydrogen-bond acceptors (Lipinski definition) is 8. The molecule has 2 saturated heterocycles. The van der Waals surface area contributed by atoms with Crippen LogP contribution in [0.3, 0.4) is 0 Å². The Labute approximate surface area is 234 Å². The molecule has 0 N–H and O–H groups in total. The number of furan rings is 1. The number of thioether (sulfide) groups is 1. The number of likely N-dealkylation sites (N-methyl/N-ethyl adjacent to an activating group) is 2. The van der Waals surface area contributed by atoms with Crippen molar-refractivity contribution in [2.24, 2.45) is 0 Å². The highest BCUT2D eigenvalue weighted by atomic mass is 32.2. The molecular weight excluding hydrogens is 541 g/mol. The summed E-state index contributed by atoms with van der Waals surface area (Å²) in [6.07, 6.45) is 1.54. The summed E-state index contributed by atoms with van der Waals surface area (Å²) in [5.74, 6) is -0.0196. The van der Waals surface area contributed by atoms with Crippen molar-refractivity contribution in [2.75, 3.05) is 39.8 Å². The Morgan fingerprint density at radius 3 is 2.54 bits per heavy atom. The van der Waals surface area contributed by atoms with Gasteiger partial charge in [0, 0.05) is 30.8 Å². The number of likely N-dealkylation sites (tertiary alicyclic amines) is 1. The highest BCUT2D eigenvalue weighted by molar-refractivity contribution is 8.25. The SMILES string of the molecule is COc1ccc([C@@H]2CN(C)[C@@]3(C(=O)N(C)c4ccc(F)cc43)[C@]23SC(=S)N(Cc2ccco2)C3=O)cc1OC. The van der Waals surface area contributed by atoms with E-state index in [4.69, 9.17) is 26.1 Å². The van der Waals surface area contributed by atoms with Crippen LogP contribution in [0.5, 0.6) is 11.5 Å². The highest BCUT2D eigenvalue weighted by Crippen LogP contribution is 2.67. The molecule has 2 spiro atoms. The summed E-state index contributed by atoms with van der Waals surface area (Å²) >= 11 is 7.00. The minimum atomic E-state index is -1.51. The van der Waals surface area contributed by atoms with Gasteiger partial charge in [-0.05, 0) is 55.1 Å². The van der Waals surface area contributed by atoms with Crippen molar-refractivity contribution in [2.45, 2.75) is 22.7 Å². The summed E-state index contributed by atoms with van der Waals surface area (Å²) in [6, 6.07) is 13.3. The summed E-state index contributed by atoms with van der Waals surface area (Å²) in [4.78, 5) is 34.1. The van der Waals surface area contributed by atoms with Crippen LogP contribution in [0.15, 0.2) is 59.2 Å². The van der Waals surface area contributed by atoms with E-state index in [2.05, 4.69) is 0 Å². The molecule has 0 saturated carbocycles. The zero-order valence-corrected chi connectivity index (χ0v) is 23.4. The van der Waals surface area contributed by atoms with Crippen molar-refractivity contribution in [3.8, 4) is 11.5 Å². The van der Waals surface area contributed by atoms with Crippen LogP contribution in [0, 0.1) is 5.82 Å². The molecule has 6 rings (SSSR count). The Bertz CT molecular complexity index is 1510. The molecule has 1 aromatic heterocycles. The van der Waals surface area contributed by atoms with Crippen LogP contribution in [-0.4, -0.2) is 65.5 Å². The Balaban J connectivity index is 1.61. The highest BCUT2D eigenvalue weighted by Gasteiger charge is 2.78. The van der Waals surface area contributed by atoms with Crippen molar-refractivity contribution in [1.29, 1.82) is 0 Å². The lowest BCUT2D eigenvalue weighted by Crippen LogP contribution is -2.62. The van der Waals surface area contributed by atoms with Gasteiger partial charge in [0.15, 0.2) is 17.0 Å². The number of benzene rings is 2. The van der Waals surface area contributed by atoms with Gasteiger partial charge in [-0.3, -0.25) is 19.4 Å². The standard InChI is InChI=1S/C28H26FN3O5S2/c1-30-15-20(16-7-10-22(35-3)23(12-16)36-4)28(25(34)32(26(38)39-28)14-18-6-5-11-37-18)27(30)19-13-17(29)8-9-21(19)31(2)24(27)33/h5-13,20H,14-15H2,1-4H3/t20-,27-,28-/m0/s1. The van der Waals surface area contributed by atoms with E-state index in [1.54, 1.807) is 52.6 Å². The number of ether oxygens (including phenoxy) is 2. The molecule has 0 radical (unpaired) electrons. The number of carbonyl (C=O) groups is 2. The quantitative estimate of drug-likeness (QED) is 0.426. The molecule has 2 aromatic carbocycles. The summed E-state index contributed by atoms with van der Waals surface area (Å²) in [7, 11) is 6.56. The monoisotopic (exact) mass is 567 g/mol. The van der Waals surface area contributed by atoms with E-state index in [1.807, 2.05) is 17.0 Å². The van der Waals surface area contributed by atoms with Gasteiger partial charge >= 0.3 is 0 Å². The minimum Gasteiger partial charge on any atom is -0.493 e. The molecule has 3 aliphatic heterocycles. The lowest BCUT2D eigenvalue weighted by molar-refractivity contribution is -0.139. The molecule has 3 aliphatic rings. The van der Waals surface area contributed by atoms with E-state index in [0.29, 0.717) is 39.4 Å². The lowest BCUT2D eigenvalue weighted by Gasteiger charge is -2.42. The van der Waals surface area contributed by atoms with Crippen molar-refractivity contribution in [3.05, 3.63) is 77.5 Å². The van der Waals surface area contributed by atoms with Crippen molar-refractivity contribution < 1.29 is 27.9 Å². The largest absolute Gasteiger partial charge is 0.493 e. The molecule has 0 unspecified atom stereocenters. The van der Waals surface area contributed by atoms with Crippen LogP contribution in [-0.2, 0) is 21.7 Å². The topological polar surface area (TPSA) is 75.5 Å². The Morgan fingerprint density at radius 1 is 1.08 bits per heavy atom. The molecule has 4 heterocycles. The number of amides is 2. The Kier molecular flexibility index (Phi) is 6.01. The number of hydrogen-bond donors (Lipinski definition) is 0. The molecule has 2 fully saturated rings. The van der Waals surface area contributed by atoms with Gasteiger partial charge in [0.25, 0.3) is 5.91 Å². The van der Waals surface area contributed by atoms with Crippen LogP contribution in [0.2, 0.25) is 0 Å². The zero-order chi connectivity index (χ0) is 27.7. The van der Waals surface area contributed by atoms with Crippen molar-refractivity contribution in [3.63, 3.8) is 0 Å². The first-order chi connectivity index (χ1) is 18.7. The fourth-order valence-corrected chi connectivity index (χ4v) is 8.56. The molecule has 0 aliphatic carbocycles. The van der Waals surface area contributed by atoms with Gasteiger partial charge in [-0.25, -0.2) is 4.39 Å². The number of halogens is 1. The minimum absolute atomic E-state index is 0.123. The predicted octanol–water partition coefficient (Wildman–Crippen LogP) is 4.14. The van der Waals surface area contributed by atoms with Gasteiger partial charge in [-0.15, -0.1) is 0 Å².